The fourth-order valence-electron chi connectivity index (χ4n) is 7.68. The molecule has 7 heteroatoms. The fourth-order valence-corrected chi connectivity index (χ4v) is 7.68. The van der Waals surface area contributed by atoms with Gasteiger partial charge in [0.2, 0.25) is 5.91 Å². The van der Waals surface area contributed by atoms with E-state index in [-0.39, 0.29) is 30.2 Å². The fraction of sp³-hybridized carbons (Fsp3) is 0.463. The molecule has 4 atom stereocenters. The summed E-state index contributed by atoms with van der Waals surface area (Å²) >= 11 is 0. The van der Waals surface area contributed by atoms with E-state index in [0.717, 1.165) is 56.1 Å². The molecule has 1 fully saturated rings. The third kappa shape index (κ3) is 7.84. The number of aliphatic carboxylic acids is 1. The predicted molar refractivity (Wildman–Crippen MR) is 191 cm³/mol. The van der Waals surface area contributed by atoms with Gasteiger partial charge in [0.05, 0.1) is 19.6 Å². The first-order valence-corrected chi connectivity index (χ1v) is 17.6. The molecular weight excluding hydrogens is 603 g/mol. The summed E-state index contributed by atoms with van der Waals surface area (Å²) in [5, 5.41) is 10.8. The molecule has 1 aliphatic carbocycles. The SMILES string of the molecule is CCCCC(CCCC)N(C(=O)CN1CC(c2ccc3c(c2)CC(C)C=C3)C(C(=O)O)C1c1ccc(OC)cc1)c1ccc(F)c(C)c1. The number of hydrogen-bond donors (Lipinski definition) is 1. The van der Waals surface area contributed by atoms with Gasteiger partial charge >= 0.3 is 5.97 Å². The molecule has 3 aromatic rings. The Morgan fingerprint density at radius 1 is 1.00 bits per heavy atom. The largest absolute Gasteiger partial charge is 0.497 e. The summed E-state index contributed by atoms with van der Waals surface area (Å²) in [6.07, 6.45) is 11.0. The first-order valence-electron chi connectivity index (χ1n) is 17.6. The molecule has 1 aliphatic heterocycles. The number of halogens is 1. The molecule has 2 aliphatic rings. The normalized spacial score (nSPS) is 20.6. The number of carboxylic acid groups (broad SMARTS) is 1. The number of fused-ring (bicyclic) bond motifs is 1. The molecule has 0 bridgehead atoms. The van der Waals surface area contributed by atoms with Crippen molar-refractivity contribution in [3.8, 4) is 5.75 Å². The van der Waals surface area contributed by atoms with E-state index in [9.17, 15) is 19.1 Å². The molecule has 48 heavy (non-hydrogen) atoms. The van der Waals surface area contributed by atoms with Crippen molar-refractivity contribution in [1.29, 1.82) is 0 Å². The van der Waals surface area contributed by atoms with E-state index in [1.165, 1.54) is 17.2 Å². The quantitative estimate of drug-likeness (QED) is 0.188. The van der Waals surface area contributed by atoms with Gasteiger partial charge in [0, 0.05) is 30.2 Å². The number of anilines is 1. The van der Waals surface area contributed by atoms with E-state index in [4.69, 9.17) is 4.74 Å². The lowest BCUT2D eigenvalue weighted by molar-refractivity contribution is -0.143. The topological polar surface area (TPSA) is 70.1 Å². The first kappa shape index (κ1) is 35.3. The molecule has 1 saturated heterocycles. The van der Waals surface area contributed by atoms with Crippen LogP contribution in [0, 0.1) is 24.6 Å². The number of ether oxygens (including phenoxy) is 1. The van der Waals surface area contributed by atoms with Crippen LogP contribution < -0.4 is 9.64 Å². The van der Waals surface area contributed by atoms with Crippen LogP contribution in [0.4, 0.5) is 10.1 Å². The first-order chi connectivity index (χ1) is 23.1. The van der Waals surface area contributed by atoms with Crippen LogP contribution in [0.1, 0.15) is 99.1 Å². The van der Waals surface area contributed by atoms with E-state index in [1.54, 1.807) is 26.2 Å². The lowest BCUT2D eigenvalue weighted by Crippen LogP contribution is -2.46. The minimum Gasteiger partial charge on any atom is -0.497 e. The zero-order valence-corrected chi connectivity index (χ0v) is 29.1. The number of aryl methyl sites for hydroxylation is 1. The lowest BCUT2D eigenvalue weighted by Gasteiger charge is -2.35. The lowest BCUT2D eigenvalue weighted by atomic mass is 9.80. The second kappa shape index (κ2) is 16.0. The number of hydrogen-bond acceptors (Lipinski definition) is 4. The third-order valence-corrected chi connectivity index (χ3v) is 10.3. The third-order valence-electron chi connectivity index (χ3n) is 10.3. The Labute approximate surface area is 285 Å². The number of allylic oxidation sites excluding steroid dienone is 1. The highest BCUT2D eigenvalue weighted by molar-refractivity contribution is 5.95. The maximum absolute atomic E-state index is 14.7. The Bertz CT molecular complexity index is 1590. The predicted octanol–water partition coefficient (Wildman–Crippen LogP) is 8.97. The Morgan fingerprint density at radius 2 is 1.69 bits per heavy atom. The smallest absolute Gasteiger partial charge is 0.309 e. The van der Waals surface area contributed by atoms with E-state index < -0.39 is 17.9 Å². The van der Waals surface area contributed by atoms with Crippen LogP contribution in [0.2, 0.25) is 0 Å². The van der Waals surface area contributed by atoms with E-state index in [1.807, 2.05) is 29.2 Å². The maximum Gasteiger partial charge on any atom is 0.309 e. The van der Waals surface area contributed by atoms with E-state index in [0.29, 0.717) is 29.5 Å². The van der Waals surface area contributed by atoms with E-state index in [2.05, 4.69) is 56.0 Å². The van der Waals surface area contributed by atoms with Crippen LogP contribution in [-0.2, 0) is 16.0 Å². The van der Waals surface area contributed by atoms with Gasteiger partial charge in [-0.25, -0.2) is 4.39 Å². The Hall–Kier alpha value is -3.97. The summed E-state index contributed by atoms with van der Waals surface area (Å²) in [7, 11) is 1.61. The van der Waals surface area contributed by atoms with Crippen LogP contribution in [0.5, 0.6) is 5.75 Å². The zero-order chi connectivity index (χ0) is 34.4. The van der Waals surface area contributed by atoms with Gasteiger partial charge in [0.1, 0.15) is 11.6 Å². The number of rotatable bonds is 14. The van der Waals surface area contributed by atoms with Gasteiger partial charge in [-0.2, -0.15) is 0 Å². The number of carboxylic acids is 1. The van der Waals surface area contributed by atoms with Gasteiger partial charge < -0.3 is 14.7 Å². The highest BCUT2D eigenvalue weighted by atomic mass is 19.1. The summed E-state index contributed by atoms with van der Waals surface area (Å²) in [6, 6.07) is 18.3. The summed E-state index contributed by atoms with van der Waals surface area (Å²) in [4.78, 5) is 31.9. The standard InChI is InChI=1S/C41H51FN2O4/c1-6-8-10-33(11-9-7-2)44(34-18-21-37(42)28(4)23-34)38(45)26-43-25-36(31-15-14-29-13-12-27(3)22-32(29)24-31)39(41(46)47)40(43)30-16-19-35(48-5)20-17-30/h12-21,23-24,27,33,36,39-40H,6-11,22,25-26H2,1-5H3,(H,46,47). The van der Waals surface area contributed by atoms with Gasteiger partial charge in [-0.15, -0.1) is 0 Å². The van der Waals surface area contributed by atoms with Gasteiger partial charge in [-0.1, -0.05) is 88.9 Å². The molecule has 256 valence electrons. The van der Waals surface area contributed by atoms with Crippen molar-refractivity contribution in [2.24, 2.45) is 11.8 Å². The highest BCUT2D eigenvalue weighted by Gasteiger charge is 2.48. The number of nitrogens with zero attached hydrogens (tertiary/aromatic N) is 2. The summed E-state index contributed by atoms with van der Waals surface area (Å²) in [5.41, 5.74) is 5.43. The number of benzene rings is 3. The molecule has 0 spiro atoms. The molecule has 3 aromatic carbocycles. The van der Waals surface area contributed by atoms with Gasteiger partial charge in [-0.3, -0.25) is 14.5 Å². The average Bonchev–Trinajstić information content (AvgIpc) is 3.46. The van der Waals surface area contributed by atoms with Crippen LogP contribution in [0.25, 0.3) is 6.08 Å². The monoisotopic (exact) mass is 654 g/mol. The minimum atomic E-state index is -0.878. The maximum atomic E-state index is 14.7. The van der Waals surface area contributed by atoms with Crippen molar-refractivity contribution in [3.63, 3.8) is 0 Å². The van der Waals surface area contributed by atoms with Crippen LogP contribution in [-0.4, -0.2) is 48.1 Å². The molecule has 0 radical (unpaired) electrons. The summed E-state index contributed by atoms with van der Waals surface area (Å²) < 4.78 is 19.9. The van der Waals surface area contributed by atoms with Crippen LogP contribution in [0.3, 0.4) is 0 Å². The molecule has 1 N–H and O–H groups in total. The molecule has 1 heterocycles. The molecule has 0 saturated carbocycles. The number of amides is 1. The number of likely N-dealkylation sites (tertiary alicyclic amines) is 1. The minimum absolute atomic E-state index is 0.0361. The molecule has 5 rings (SSSR count). The van der Waals surface area contributed by atoms with Gasteiger partial charge in [-0.05, 0) is 90.3 Å². The molecule has 0 aromatic heterocycles. The number of carbonyl (C=O) groups excluding carboxylic acids is 1. The number of methoxy groups -OCH3 is 1. The number of unbranched alkanes of at least 4 members (excludes halogenated alkanes) is 2. The van der Waals surface area contributed by atoms with Crippen LogP contribution >= 0.6 is 0 Å². The Kier molecular flexibility index (Phi) is 11.7. The van der Waals surface area contributed by atoms with Crippen molar-refractivity contribution < 1.29 is 23.8 Å². The summed E-state index contributed by atoms with van der Waals surface area (Å²) in [6.45, 7) is 8.70. The molecule has 1 amide bonds. The van der Waals surface area contributed by atoms with E-state index >= 15 is 0 Å². The molecule has 4 unspecified atom stereocenters. The number of carbonyl (C=O) groups is 2. The van der Waals surface area contributed by atoms with Crippen molar-refractivity contribution in [2.45, 2.75) is 90.6 Å². The molecular formula is C41H51FN2O4. The van der Waals surface area contributed by atoms with Crippen molar-refractivity contribution in [3.05, 3.63) is 100 Å². The second-order valence-corrected chi connectivity index (χ2v) is 13.8. The Morgan fingerprint density at radius 3 is 2.31 bits per heavy atom. The van der Waals surface area contributed by atoms with Gasteiger partial charge in [0.25, 0.3) is 0 Å². The van der Waals surface area contributed by atoms with Gasteiger partial charge in [0.15, 0.2) is 0 Å². The van der Waals surface area contributed by atoms with Crippen molar-refractivity contribution >= 4 is 23.6 Å². The summed E-state index contributed by atoms with van der Waals surface area (Å²) in [5.74, 6) is -1.24. The zero-order valence-electron chi connectivity index (χ0n) is 29.1. The van der Waals surface area contributed by atoms with Crippen molar-refractivity contribution in [2.75, 3.05) is 25.1 Å². The molecule has 6 nitrogen and oxygen atoms in total. The van der Waals surface area contributed by atoms with Crippen molar-refractivity contribution in [1.82, 2.24) is 4.90 Å². The highest BCUT2D eigenvalue weighted by Crippen LogP contribution is 2.47. The Balaban J connectivity index is 1.56. The van der Waals surface area contributed by atoms with Crippen LogP contribution in [0.15, 0.2) is 66.7 Å². The average molecular weight is 655 g/mol. The second-order valence-electron chi connectivity index (χ2n) is 13.8.